The van der Waals surface area contributed by atoms with E-state index in [-0.39, 0.29) is 24.2 Å². The number of hydrogen-bond acceptors (Lipinski definition) is 5. The highest BCUT2D eigenvalue weighted by Gasteiger charge is 2.34. The summed E-state index contributed by atoms with van der Waals surface area (Å²) in [5.41, 5.74) is 2.14. The SMILES string of the molecule is COc1ccc(CCC(=O)NC2CCC3OCCOC3C2)cc1OCc1ccccc1. The lowest BCUT2D eigenvalue weighted by Gasteiger charge is -2.39. The Morgan fingerprint density at radius 3 is 2.61 bits per heavy atom. The number of nitrogens with one attached hydrogen (secondary N) is 1. The van der Waals surface area contributed by atoms with E-state index in [1.54, 1.807) is 7.11 Å². The zero-order chi connectivity index (χ0) is 21.5. The lowest BCUT2D eigenvalue weighted by Crippen LogP contribution is -2.49. The van der Waals surface area contributed by atoms with Crippen LogP contribution < -0.4 is 14.8 Å². The average Bonchev–Trinajstić information content (AvgIpc) is 2.82. The molecular weight excluding hydrogens is 394 g/mol. The van der Waals surface area contributed by atoms with Crippen LogP contribution in [-0.2, 0) is 27.3 Å². The third-order valence-corrected chi connectivity index (χ3v) is 5.95. The van der Waals surface area contributed by atoms with Gasteiger partial charge in [0.05, 0.1) is 32.5 Å². The number of hydrogen-bond donors (Lipinski definition) is 1. The molecule has 1 aliphatic heterocycles. The summed E-state index contributed by atoms with van der Waals surface area (Å²) in [5, 5.41) is 3.18. The van der Waals surface area contributed by atoms with Crippen LogP contribution in [0, 0.1) is 0 Å². The predicted molar refractivity (Wildman–Crippen MR) is 117 cm³/mol. The van der Waals surface area contributed by atoms with Crippen molar-refractivity contribution in [3.63, 3.8) is 0 Å². The summed E-state index contributed by atoms with van der Waals surface area (Å²) in [7, 11) is 1.63. The summed E-state index contributed by atoms with van der Waals surface area (Å²) in [6, 6.07) is 16.0. The molecule has 166 valence electrons. The van der Waals surface area contributed by atoms with Crippen molar-refractivity contribution in [3.05, 3.63) is 59.7 Å². The summed E-state index contributed by atoms with van der Waals surface area (Å²) in [6.07, 6.45) is 4.10. The number of aryl methyl sites for hydroxylation is 1. The first-order chi connectivity index (χ1) is 15.2. The smallest absolute Gasteiger partial charge is 0.220 e. The van der Waals surface area contributed by atoms with E-state index in [2.05, 4.69) is 5.32 Å². The molecule has 31 heavy (non-hydrogen) atoms. The highest BCUT2D eigenvalue weighted by molar-refractivity contribution is 5.76. The van der Waals surface area contributed by atoms with Crippen LogP contribution in [0.15, 0.2) is 48.5 Å². The maximum atomic E-state index is 12.5. The Morgan fingerprint density at radius 1 is 1.00 bits per heavy atom. The molecule has 2 aromatic rings. The van der Waals surface area contributed by atoms with Crippen molar-refractivity contribution in [1.82, 2.24) is 5.32 Å². The standard InChI is InChI=1S/C25H31NO5/c1-28-21-10-7-18(15-23(21)31-17-19-5-3-2-4-6-19)8-12-25(27)26-20-9-11-22-24(16-20)30-14-13-29-22/h2-7,10,15,20,22,24H,8-9,11-14,16-17H2,1H3,(H,26,27). The van der Waals surface area contributed by atoms with Gasteiger partial charge in [-0.05, 0) is 48.9 Å². The van der Waals surface area contributed by atoms with Crippen LogP contribution in [0.2, 0.25) is 0 Å². The summed E-state index contributed by atoms with van der Waals surface area (Å²) >= 11 is 0. The van der Waals surface area contributed by atoms with Crippen LogP contribution in [0.3, 0.4) is 0 Å². The van der Waals surface area contributed by atoms with Crippen molar-refractivity contribution >= 4 is 5.91 Å². The van der Waals surface area contributed by atoms with Gasteiger partial charge in [-0.25, -0.2) is 0 Å². The van der Waals surface area contributed by atoms with Crippen LogP contribution in [0.4, 0.5) is 0 Å². The molecule has 4 rings (SSSR count). The van der Waals surface area contributed by atoms with Gasteiger partial charge in [0.1, 0.15) is 6.61 Å². The molecule has 0 spiro atoms. The molecule has 0 bridgehead atoms. The van der Waals surface area contributed by atoms with Crippen molar-refractivity contribution in [1.29, 1.82) is 0 Å². The lowest BCUT2D eigenvalue weighted by molar-refractivity contribution is -0.158. The van der Waals surface area contributed by atoms with Crippen LogP contribution in [-0.4, -0.2) is 44.5 Å². The number of methoxy groups -OCH3 is 1. The number of amides is 1. The molecule has 1 N–H and O–H groups in total. The molecule has 1 heterocycles. The minimum Gasteiger partial charge on any atom is -0.493 e. The Hall–Kier alpha value is -2.57. The Bertz CT molecular complexity index is 856. The first kappa shape index (κ1) is 21.7. The topological polar surface area (TPSA) is 66.0 Å². The van der Waals surface area contributed by atoms with Gasteiger partial charge in [-0.1, -0.05) is 36.4 Å². The normalized spacial score (nSPS) is 22.9. The number of carbonyl (C=O) groups is 1. The summed E-state index contributed by atoms with van der Waals surface area (Å²) < 4.78 is 23.0. The predicted octanol–water partition coefficient (Wildman–Crippen LogP) is 3.66. The summed E-state index contributed by atoms with van der Waals surface area (Å²) in [6.45, 7) is 1.79. The highest BCUT2D eigenvalue weighted by atomic mass is 16.6. The second kappa shape index (κ2) is 10.6. The van der Waals surface area contributed by atoms with Crippen molar-refractivity contribution < 1.29 is 23.7 Å². The molecule has 2 aromatic carbocycles. The van der Waals surface area contributed by atoms with Gasteiger partial charge in [0.25, 0.3) is 0 Å². The van der Waals surface area contributed by atoms with E-state index < -0.39 is 0 Å². The maximum absolute atomic E-state index is 12.5. The number of ether oxygens (including phenoxy) is 4. The molecule has 6 heteroatoms. The average molecular weight is 426 g/mol. The molecule has 1 saturated heterocycles. The third-order valence-electron chi connectivity index (χ3n) is 5.95. The fourth-order valence-electron chi connectivity index (χ4n) is 4.28. The molecule has 0 aromatic heterocycles. The van der Waals surface area contributed by atoms with E-state index >= 15 is 0 Å². The zero-order valence-electron chi connectivity index (χ0n) is 18.0. The second-order valence-electron chi connectivity index (χ2n) is 8.16. The molecule has 2 aliphatic rings. The molecule has 1 aliphatic carbocycles. The fourth-order valence-corrected chi connectivity index (χ4v) is 4.28. The van der Waals surface area contributed by atoms with Gasteiger partial charge in [-0.3, -0.25) is 4.79 Å². The van der Waals surface area contributed by atoms with Crippen LogP contribution in [0.5, 0.6) is 11.5 Å². The van der Waals surface area contributed by atoms with Crippen molar-refractivity contribution in [2.45, 2.75) is 57.0 Å². The van der Waals surface area contributed by atoms with Crippen molar-refractivity contribution in [2.75, 3.05) is 20.3 Å². The largest absolute Gasteiger partial charge is 0.493 e. The number of fused-ring (bicyclic) bond motifs is 1. The third kappa shape index (κ3) is 5.99. The van der Waals surface area contributed by atoms with E-state index in [9.17, 15) is 4.79 Å². The Labute approximate surface area is 183 Å². The monoisotopic (exact) mass is 425 g/mol. The minimum absolute atomic E-state index is 0.0720. The Balaban J connectivity index is 1.28. The van der Waals surface area contributed by atoms with Crippen LogP contribution >= 0.6 is 0 Å². The van der Waals surface area contributed by atoms with Crippen LogP contribution in [0.1, 0.15) is 36.8 Å². The van der Waals surface area contributed by atoms with E-state index in [0.29, 0.717) is 44.2 Å². The zero-order valence-corrected chi connectivity index (χ0v) is 18.0. The maximum Gasteiger partial charge on any atom is 0.220 e. The molecule has 6 nitrogen and oxygen atoms in total. The quantitative estimate of drug-likeness (QED) is 0.699. The molecule has 3 atom stereocenters. The number of rotatable bonds is 8. The minimum atomic E-state index is 0.0720. The first-order valence-corrected chi connectivity index (χ1v) is 11.1. The lowest BCUT2D eigenvalue weighted by atomic mass is 9.89. The molecule has 1 amide bonds. The number of benzene rings is 2. The second-order valence-corrected chi connectivity index (χ2v) is 8.16. The molecule has 1 saturated carbocycles. The van der Waals surface area contributed by atoms with E-state index in [1.807, 2.05) is 48.5 Å². The summed E-state index contributed by atoms with van der Waals surface area (Å²) in [4.78, 5) is 12.5. The molecule has 2 fully saturated rings. The first-order valence-electron chi connectivity index (χ1n) is 11.1. The summed E-state index contributed by atoms with van der Waals surface area (Å²) in [5.74, 6) is 1.45. The van der Waals surface area contributed by atoms with Crippen molar-refractivity contribution in [3.8, 4) is 11.5 Å². The van der Waals surface area contributed by atoms with Gasteiger partial charge in [0.15, 0.2) is 11.5 Å². The van der Waals surface area contributed by atoms with Gasteiger partial charge < -0.3 is 24.3 Å². The van der Waals surface area contributed by atoms with E-state index in [4.69, 9.17) is 18.9 Å². The van der Waals surface area contributed by atoms with Crippen molar-refractivity contribution in [2.24, 2.45) is 0 Å². The van der Waals surface area contributed by atoms with Gasteiger partial charge in [-0.2, -0.15) is 0 Å². The van der Waals surface area contributed by atoms with Gasteiger partial charge in [0, 0.05) is 12.5 Å². The van der Waals surface area contributed by atoms with E-state index in [0.717, 1.165) is 30.4 Å². The molecule has 3 unspecified atom stereocenters. The molecular formula is C25H31NO5. The highest BCUT2D eigenvalue weighted by Crippen LogP contribution is 2.30. The Morgan fingerprint density at radius 2 is 1.81 bits per heavy atom. The van der Waals surface area contributed by atoms with Gasteiger partial charge in [0.2, 0.25) is 5.91 Å². The van der Waals surface area contributed by atoms with Gasteiger partial charge in [-0.15, -0.1) is 0 Å². The molecule has 0 radical (unpaired) electrons. The fraction of sp³-hybridized carbons (Fsp3) is 0.480. The number of carbonyl (C=O) groups excluding carboxylic acids is 1. The van der Waals surface area contributed by atoms with E-state index in [1.165, 1.54) is 0 Å². The van der Waals surface area contributed by atoms with Gasteiger partial charge >= 0.3 is 0 Å². The Kier molecular flexibility index (Phi) is 7.43. The van der Waals surface area contributed by atoms with Crippen LogP contribution in [0.25, 0.3) is 0 Å².